The lowest BCUT2D eigenvalue weighted by Crippen LogP contribution is -2.22. The van der Waals surface area contributed by atoms with E-state index in [1.54, 1.807) is 0 Å². The van der Waals surface area contributed by atoms with Gasteiger partial charge in [0.15, 0.2) is 6.29 Å². The largest absolute Gasteiger partial charge is 0.372 e. The van der Waals surface area contributed by atoms with Gasteiger partial charge in [0, 0.05) is 12.8 Å². The topological polar surface area (TPSA) is 44.1 Å². The van der Waals surface area contributed by atoms with Crippen molar-refractivity contribution >= 4 is 6.29 Å². The summed E-state index contributed by atoms with van der Waals surface area (Å²) < 4.78 is 7.41. The lowest BCUT2D eigenvalue weighted by atomic mass is 10.1. The number of hydrogen-bond acceptors (Lipinski definition) is 3. The summed E-state index contributed by atoms with van der Waals surface area (Å²) in [7, 11) is 0. The van der Waals surface area contributed by atoms with Crippen molar-refractivity contribution in [1.29, 1.82) is 0 Å². The molecule has 1 unspecified atom stereocenters. The highest BCUT2D eigenvalue weighted by atomic mass is 16.5. The molecule has 1 aromatic rings. The van der Waals surface area contributed by atoms with Gasteiger partial charge in [-0.2, -0.15) is 5.10 Å². The van der Waals surface area contributed by atoms with Gasteiger partial charge >= 0.3 is 0 Å². The van der Waals surface area contributed by atoms with Crippen LogP contribution >= 0.6 is 0 Å². The molecule has 0 spiro atoms. The first kappa shape index (κ1) is 11.3. The second-order valence-corrected chi connectivity index (χ2v) is 5.20. The minimum atomic E-state index is -0.103. The lowest BCUT2D eigenvalue weighted by Gasteiger charge is -2.19. The first-order chi connectivity index (χ1) is 7.52. The SMILES string of the molecule is CC(C)(C)n1cc(C=O)c(C2CCCO2)n1. The highest BCUT2D eigenvalue weighted by molar-refractivity contribution is 5.76. The summed E-state index contributed by atoms with van der Waals surface area (Å²) in [6, 6.07) is 0. The molecule has 0 N–H and O–H groups in total. The maximum Gasteiger partial charge on any atom is 0.153 e. The van der Waals surface area contributed by atoms with Crippen LogP contribution < -0.4 is 0 Å². The molecule has 0 saturated carbocycles. The Labute approximate surface area is 95.6 Å². The molecule has 0 radical (unpaired) electrons. The number of nitrogens with zero attached hydrogens (tertiary/aromatic N) is 2. The van der Waals surface area contributed by atoms with Gasteiger partial charge in [-0.05, 0) is 33.6 Å². The Hall–Kier alpha value is -1.16. The molecule has 4 nitrogen and oxygen atoms in total. The molecule has 0 bridgehead atoms. The Morgan fingerprint density at radius 1 is 1.56 bits per heavy atom. The number of aldehydes is 1. The molecule has 2 heterocycles. The van der Waals surface area contributed by atoms with Crippen molar-refractivity contribution in [1.82, 2.24) is 9.78 Å². The van der Waals surface area contributed by atoms with Crippen LogP contribution in [0.15, 0.2) is 6.20 Å². The van der Waals surface area contributed by atoms with Crippen LogP contribution in [0.2, 0.25) is 0 Å². The molecule has 4 heteroatoms. The summed E-state index contributed by atoms with van der Waals surface area (Å²) in [5, 5.41) is 4.49. The summed E-state index contributed by atoms with van der Waals surface area (Å²) in [5.41, 5.74) is 1.35. The third-order valence-electron chi connectivity index (χ3n) is 2.82. The Kier molecular flexibility index (Phi) is 2.84. The minimum absolute atomic E-state index is 0.00352. The van der Waals surface area contributed by atoms with E-state index in [4.69, 9.17) is 4.74 Å². The van der Waals surface area contributed by atoms with Gasteiger partial charge in [0.05, 0.1) is 11.1 Å². The molecule has 2 rings (SSSR count). The van der Waals surface area contributed by atoms with Gasteiger partial charge in [0.1, 0.15) is 11.8 Å². The Bertz CT molecular complexity index is 384. The maximum absolute atomic E-state index is 11.0. The standard InChI is InChI=1S/C12H18N2O2/c1-12(2,3)14-7-9(8-15)11(13-14)10-5-4-6-16-10/h7-8,10H,4-6H2,1-3H3. The average Bonchev–Trinajstić information content (AvgIpc) is 2.85. The number of rotatable bonds is 2. The van der Waals surface area contributed by atoms with Crippen LogP contribution in [-0.4, -0.2) is 22.7 Å². The summed E-state index contributed by atoms with van der Waals surface area (Å²) >= 11 is 0. The van der Waals surface area contributed by atoms with Gasteiger partial charge in [0.2, 0.25) is 0 Å². The number of hydrogen-bond donors (Lipinski definition) is 0. The molecular formula is C12H18N2O2. The third kappa shape index (κ3) is 2.02. The van der Waals surface area contributed by atoms with E-state index >= 15 is 0 Å². The molecule has 1 aromatic heterocycles. The fraction of sp³-hybridized carbons (Fsp3) is 0.667. The average molecular weight is 222 g/mol. The van der Waals surface area contributed by atoms with E-state index in [1.165, 1.54) is 0 Å². The number of carbonyl (C=O) groups is 1. The summed E-state index contributed by atoms with van der Waals surface area (Å²) in [5.74, 6) is 0. The van der Waals surface area contributed by atoms with Gasteiger partial charge < -0.3 is 4.74 Å². The zero-order valence-corrected chi connectivity index (χ0v) is 10.1. The van der Waals surface area contributed by atoms with E-state index in [0.717, 1.165) is 31.4 Å². The Balaban J connectivity index is 2.36. The summed E-state index contributed by atoms with van der Waals surface area (Å²) in [6.07, 6.45) is 4.69. The molecular weight excluding hydrogens is 204 g/mol. The van der Waals surface area contributed by atoms with Crippen molar-refractivity contribution in [3.8, 4) is 0 Å². The van der Waals surface area contributed by atoms with Crippen LogP contribution in [0, 0.1) is 0 Å². The number of ether oxygens (including phenoxy) is 1. The highest BCUT2D eigenvalue weighted by Gasteiger charge is 2.26. The number of carbonyl (C=O) groups excluding carboxylic acids is 1. The second-order valence-electron chi connectivity index (χ2n) is 5.20. The fourth-order valence-corrected chi connectivity index (χ4v) is 1.88. The van der Waals surface area contributed by atoms with Crippen molar-refractivity contribution in [2.24, 2.45) is 0 Å². The smallest absolute Gasteiger partial charge is 0.153 e. The van der Waals surface area contributed by atoms with Crippen molar-refractivity contribution in [3.63, 3.8) is 0 Å². The van der Waals surface area contributed by atoms with E-state index in [1.807, 2.05) is 10.9 Å². The predicted octanol–water partition coefficient (Wildman–Crippen LogP) is 2.30. The molecule has 1 fully saturated rings. The normalized spacial score (nSPS) is 21.3. The van der Waals surface area contributed by atoms with Gasteiger partial charge in [-0.3, -0.25) is 9.48 Å². The van der Waals surface area contributed by atoms with Crippen LogP contribution in [0.1, 0.15) is 55.8 Å². The maximum atomic E-state index is 11.0. The monoisotopic (exact) mass is 222 g/mol. The van der Waals surface area contributed by atoms with Crippen LogP contribution in [0.5, 0.6) is 0 Å². The summed E-state index contributed by atoms with van der Waals surface area (Å²) in [6.45, 7) is 6.96. The van der Waals surface area contributed by atoms with Crippen molar-refractivity contribution in [2.45, 2.75) is 45.3 Å². The first-order valence-electron chi connectivity index (χ1n) is 5.69. The van der Waals surface area contributed by atoms with Crippen LogP contribution in [0.4, 0.5) is 0 Å². The lowest BCUT2D eigenvalue weighted by molar-refractivity contribution is 0.103. The van der Waals surface area contributed by atoms with Gasteiger partial charge in [0.25, 0.3) is 0 Å². The van der Waals surface area contributed by atoms with E-state index in [-0.39, 0.29) is 11.6 Å². The molecule has 16 heavy (non-hydrogen) atoms. The Morgan fingerprint density at radius 2 is 2.31 bits per heavy atom. The quantitative estimate of drug-likeness (QED) is 0.721. The minimum Gasteiger partial charge on any atom is -0.372 e. The second kappa shape index (κ2) is 4.01. The van der Waals surface area contributed by atoms with Gasteiger partial charge in [-0.25, -0.2) is 0 Å². The highest BCUT2D eigenvalue weighted by Crippen LogP contribution is 2.30. The molecule has 0 aromatic carbocycles. The van der Waals surface area contributed by atoms with Crippen molar-refractivity contribution in [2.75, 3.05) is 6.61 Å². The van der Waals surface area contributed by atoms with Crippen molar-refractivity contribution in [3.05, 3.63) is 17.5 Å². The summed E-state index contributed by atoms with van der Waals surface area (Å²) in [4.78, 5) is 11.0. The van der Waals surface area contributed by atoms with E-state index in [0.29, 0.717) is 5.56 Å². The van der Waals surface area contributed by atoms with Gasteiger partial charge in [-0.15, -0.1) is 0 Å². The van der Waals surface area contributed by atoms with E-state index in [9.17, 15) is 4.79 Å². The Morgan fingerprint density at radius 3 is 2.81 bits per heavy atom. The molecule has 1 aliphatic heterocycles. The molecule has 0 aliphatic carbocycles. The predicted molar refractivity (Wildman–Crippen MR) is 60.5 cm³/mol. The van der Waals surface area contributed by atoms with Crippen molar-refractivity contribution < 1.29 is 9.53 Å². The molecule has 1 aliphatic rings. The van der Waals surface area contributed by atoms with E-state index in [2.05, 4.69) is 25.9 Å². The zero-order chi connectivity index (χ0) is 11.8. The number of aromatic nitrogens is 2. The first-order valence-corrected chi connectivity index (χ1v) is 5.69. The van der Waals surface area contributed by atoms with Crippen LogP contribution in [0.3, 0.4) is 0 Å². The fourth-order valence-electron chi connectivity index (χ4n) is 1.88. The van der Waals surface area contributed by atoms with Crippen LogP contribution in [-0.2, 0) is 10.3 Å². The molecule has 0 amide bonds. The van der Waals surface area contributed by atoms with E-state index < -0.39 is 0 Å². The molecule has 88 valence electrons. The van der Waals surface area contributed by atoms with Gasteiger partial charge in [-0.1, -0.05) is 0 Å². The zero-order valence-electron chi connectivity index (χ0n) is 10.1. The molecule has 1 saturated heterocycles. The third-order valence-corrected chi connectivity index (χ3v) is 2.82. The molecule has 1 atom stereocenters. The van der Waals surface area contributed by atoms with Crippen LogP contribution in [0.25, 0.3) is 0 Å².